The van der Waals surface area contributed by atoms with Gasteiger partial charge in [0.25, 0.3) is 0 Å². The molecule has 0 unspecified atom stereocenters. The average molecular weight is 271 g/mol. The molecule has 1 aliphatic rings. The molecule has 5 nitrogen and oxygen atoms in total. The second-order valence-electron chi connectivity index (χ2n) is 6.00. The van der Waals surface area contributed by atoms with Crippen molar-refractivity contribution in [1.82, 2.24) is 5.32 Å². The van der Waals surface area contributed by atoms with Gasteiger partial charge in [-0.1, -0.05) is 38.3 Å². The number of rotatable bonds is 8. The van der Waals surface area contributed by atoms with Gasteiger partial charge in [-0.2, -0.15) is 0 Å². The molecule has 0 spiro atoms. The van der Waals surface area contributed by atoms with Crippen LogP contribution >= 0.6 is 0 Å². The molecule has 1 fully saturated rings. The largest absolute Gasteiger partial charge is 0.409 e. The first-order valence-electron chi connectivity index (χ1n) is 7.36. The first-order chi connectivity index (χ1) is 9.06. The summed E-state index contributed by atoms with van der Waals surface area (Å²) in [6, 6.07) is 0. The first kappa shape index (κ1) is 16.2. The first-order valence-corrected chi connectivity index (χ1v) is 7.36. The quantitative estimate of drug-likeness (QED) is 0.208. The fraction of sp³-hybridized carbons (Fsp3) is 0.929. The van der Waals surface area contributed by atoms with Gasteiger partial charge >= 0.3 is 0 Å². The third-order valence-corrected chi connectivity index (χ3v) is 3.91. The Morgan fingerprint density at radius 1 is 1.32 bits per heavy atom. The highest BCUT2D eigenvalue weighted by Gasteiger charge is 2.22. The molecule has 0 radical (unpaired) electrons. The summed E-state index contributed by atoms with van der Waals surface area (Å²) in [7, 11) is 0. The molecule has 0 heterocycles. The highest BCUT2D eigenvalue weighted by Crippen LogP contribution is 2.20. The predicted octanol–water partition coefficient (Wildman–Crippen LogP) is 2.09. The minimum Gasteiger partial charge on any atom is -0.409 e. The topological polar surface area (TPSA) is 79.9 Å². The molecule has 0 amide bonds. The van der Waals surface area contributed by atoms with Crippen LogP contribution in [0.4, 0.5) is 0 Å². The number of hydrogen-bond acceptors (Lipinski definition) is 4. The van der Waals surface area contributed by atoms with Gasteiger partial charge in [0.05, 0.1) is 12.7 Å². The maximum atomic E-state index is 8.68. The summed E-state index contributed by atoms with van der Waals surface area (Å²) >= 11 is 0. The Labute approximate surface area is 116 Å². The Kier molecular flexibility index (Phi) is 7.16. The van der Waals surface area contributed by atoms with Crippen LogP contribution in [-0.4, -0.2) is 36.8 Å². The van der Waals surface area contributed by atoms with Crippen LogP contribution in [0.2, 0.25) is 0 Å². The third-order valence-electron chi connectivity index (χ3n) is 3.91. The molecule has 0 aromatic heterocycles. The van der Waals surface area contributed by atoms with Gasteiger partial charge in [-0.3, -0.25) is 0 Å². The summed E-state index contributed by atoms with van der Waals surface area (Å²) in [5.74, 6) is 0.285. The van der Waals surface area contributed by atoms with E-state index in [0.29, 0.717) is 6.10 Å². The monoisotopic (exact) mass is 271 g/mol. The van der Waals surface area contributed by atoms with Crippen molar-refractivity contribution < 1.29 is 9.94 Å². The maximum absolute atomic E-state index is 8.68. The summed E-state index contributed by atoms with van der Waals surface area (Å²) < 4.78 is 5.83. The molecule has 0 aromatic carbocycles. The fourth-order valence-electron chi connectivity index (χ4n) is 2.32. The van der Waals surface area contributed by atoms with Gasteiger partial charge in [0, 0.05) is 12.0 Å². The van der Waals surface area contributed by atoms with Gasteiger partial charge in [-0.15, -0.1) is 0 Å². The van der Waals surface area contributed by atoms with Crippen molar-refractivity contribution in [3.8, 4) is 0 Å². The number of nitrogens with two attached hydrogens (primary N) is 1. The number of ether oxygens (including phenoxy) is 1. The van der Waals surface area contributed by atoms with Crippen LogP contribution in [0.3, 0.4) is 0 Å². The van der Waals surface area contributed by atoms with E-state index in [1.807, 2.05) is 13.8 Å². The van der Waals surface area contributed by atoms with Crippen molar-refractivity contribution in [1.29, 1.82) is 0 Å². The average Bonchev–Trinajstić information content (AvgIpc) is 2.42. The van der Waals surface area contributed by atoms with Crippen LogP contribution in [0.1, 0.15) is 52.4 Å². The van der Waals surface area contributed by atoms with E-state index in [2.05, 4.69) is 10.5 Å². The van der Waals surface area contributed by atoms with Crippen molar-refractivity contribution in [3.05, 3.63) is 0 Å². The fourth-order valence-corrected chi connectivity index (χ4v) is 2.32. The second kappa shape index (κ2) is 8.38. The van der Waals surface area contributed by atoms with Crippen molar-refractivity contribution in [3.63, 3.8) is 0 Å². The van der Waals surface area contributed by atoms with Gasteiger partial charge in [-0.05, 0) is 25.8 Å². The van der Waals surface area contributed by atoms with E-state index in [4.69, 9.17) is 15.7 Å². The summed E-state index contributed by atoms with van der Waals surface area (Å²) in [6.45, 7) is 6.43. The summed E-state index contributed by atoms with van der Waals surface area (Å²) in [4.78, 5) is 0. The maximum Gasteiger partial charge on any atom is 0.144 e. The lowest BCUT2D eigenvalue weighted by atomic mass is 9.88. The lowest BCUT2D eigenvalue weighted by molar-refractivity contribution is 0.0302. The van der Waals surface area contributed by atoms with Crippen LogP contribution in [0.15, 0.2) is 5.16 Å². The molecule has 4 N–H and O–H groups in total. The molecular weight excluding hydrogens is 242 g/mol. The van der Waals surface area contributed by atoms with E-state index >= 15 is 0 Å². The number of nitrogens with one attached hydrogen (secondary N) is 1. The van der Waals surface area contributed by atoms with Gasteiger partial charge in [0.1, 0.15) is 5.84 Å². The van der Waals surface area contributed by atoms with Crippen LogP contribution in [0, 0.1) is 5.41 Å². The highest BCUT2D eigenvalue weighted by atomic mass is 16.5. The highest BCUT2D eigenvalue weighted by molar-refractivity contribution is 5.85. The number of amidine groups is 1. The zero-order valence-corrected chi connectivity index (χ0v) is 12.3. The van der Waals surface area contributed by atoms with Gasteiger partial charge in [0.2, 0.25) is 0 Å². The second-order valence-corrected chi connectivity index (χ2v) is 6.00. The lowest BCUT2D eigenvalue weighted by Gasteiger charge is -2.24. The van der Waals surface area contributed by atoms with E-state index in [-0.39, 0.29) is 11.3 Å². The van der Waals surface area contributed by atoms with Gasteiger partial charge in [0.15, 0.2) is 0 Å². The van der Waals surface area contributed by atoms with Gasteiger partial charge in [-0.25, -0.2) is 0 Å². The molecule has 0 atom stereocenters. The molecule has 0 aromatic rings. The molecule has 1 aliphatic carbocycles. The van der Waals surface area contributed by atoms with Crippen LogP contribution < -0.4 is 11.1 Å². The third kappa shape index (κ3) is 6.25. The zero-order chi connectivity index (χ0) is 14.1. The standard InChI is InChI=1S/C14H29N3O2/c1-14(2,13(15)17-18)8-9-16-10-11-19-12-6-4-3-5-7-12/h12,16,18H,3-11H2,1-2H3,(H2,15,17). The van der Waals surface area contributed by atoms with Crippen molar-refractivity contribution >= 4 is 5.84 Å². The Morgan fingerprint density at radius 2 is 2.00 bits per heavy atom. The Hall–Kier alpha value is -0.810. The number of hydrogen-bond donors (Lipinski definition) is 3. The van der Waals surface area contributed by atoms with E-state index in [1.54, 1.807) is 0 Å². The normalized spacial score (nSPS) is 18.7. The SMILES string of the molecule is CC(C)(CCNCCOC1CCCCC1)C(N)=NO. The summed E-state index contributed by atoms with van der Waals surface area (Å²) in [6.07, 6.45) is 7.74. The van der Waals surface area contributed by atoms with Crippen LogP contribution in [-0.2, 0) is 4.74 Å². The summed E-state index contributed by atoms with van der Waals surface area (Å²) in [5.41, 5.74) is 5.36. The lowest BCUT2D eigenvalue weighted by Crippen LogP contribution is -2.35. The molecule has 0 saturated heterocycles. The minimum absolute atomic E-state index is 0.272. The molecule has 112 valence electrons. The smallest absolute Gasteiger partial charge is 0.144 e. The number of nitrogens with zero attached hydrogens (tertiary/aromatic N) is 1. The van der Waals surface area contributed by atoms with Crippen molar-refractivity contribution in [2.24, 2.45) is 16.3 Å². The Morgan fingerprint density at radius 3 is 2.63 bits per heavy atom. The van der Waals surface area contributed by atoms with E-state index in [9.17, 15) is 0 Å². The van der Waals surface area contributed by atoms with E-state index < -0.39 is 0 Å². The molecule has 1 saturated carbocycles. The Balaban J connectivity index is 2.01. The molecule has 0 aliphatic heterocycles. The Bertz CT molecular complexity index is 274. The molecule has 1 rings (SSSR count). The van der Waals surface area contributed by atoms with Crippen molar-refractivity contribution in [2.75, 3.05) is 19.7 Å². The minimum atomic E-state index is -0.272. The predicted molar refractivity (Wildman–Crippen MR) is 77.5 cm³/mol. The zero-order valence-electron chi connectivity index (χ0n) is 12.3. The van der Waals surface area contributed by atoms with Crippen LogP contribution in [0.5, 0.6) is 0 Å². The number of oxime groups is 1. The van der Waals surface area contributed by atoms with E-state index in [0.717, 1.165) is 26.1 Å². The molecular formula is C14H29N3O2. The molecule has 19 heavy (non-hydrogen) atoms. The van der Waals surface area contributed by atoms with Crippen LogP contribution in [0.25, 0.3) is 0 Å². The summed E-state index contributed by atoms with van der Waals surface area (Å²) in [5, 5.41) is 15.1. The van der Waals surface area contributed by atoms with Gasteiger partial charge < -0.3 is 21.0 Å². The molecule has 5 heteroatoms. The molecule has 0 bridgehead atoms. The van der Waals surface area contributed by atoms with E-state index in [1.165, 1.54) is 32.1 Å². The van der Waals surface area contributed by atoms with Crippen molar-refractivity contribution in [2.45, 2.75) is 58.5 Å².